The second-order valence-corrected chi connectivity index (χ2v) is 2.90. The molecular formula is C10H9ClO. The molecule has 12 heavy (non-hydrogen) atoms. The number of fused-ring (bicyclic) bond motifs is 1. The van der Waals surface area contributed by atoms with Crippen molar-refractivity contribution in [2.75, 3.05) is 6.07 Å². The summed E-state index contributed by atoms with van der Waals surface area (Å²) in [6.07, 6.45) is 4.14. The first-order valence-corrected chi connectivity index (χ1v) is 4.40. The first-order chi connectivity index (χ1) is 5.92. The van der Waals surface area contributed by atoms with E-state index in [-0.39, 0.29) is 12.2 Å². The summed E-state index contributed by atoms with van der Waals surface area (Å²) in [5.74, 6) is 0. The molecule has 1 nitrogen and oxygen atoms in total. The van der Waals surface area contributed by atoms with Crippen molar-refractivity contribution in [3.63, 3.8) is 0 Å². The van der Waals surface area contributed by atoms with Gasteiger partial charge < -0.3 is 4.74 Å². The third-order valence-electron chi connectivity index (χ3n) is 2.00. The van der Waals surface area contributed by atoms with Crippen LogP contribution in [-0.4, -0.2) is 6.07 Å². The lowest BCUT2D eigenvalue weighted by Crippen LogP contribution is -1.97. The summed E-state index contributed by atoms with van der Waals surface area (Å²) >= 11 is 5.49. The minimum absolute atomic E-state index is 0.0544. The minimum Gasteiger partial charge on any atom is -0.354 e. The molecule has 2 rings (SSSR count). The fourth-order valence-electron chi connectivity index (χ4n) is 1.43. The molecule has 0 radical (unpaired) electrons. The van der Waals surface area contributed by atoms with Crippen molar-refractivity contribution >= 4 is 17.7 Å². The smallest absolute Gasteiger partial charge is 0.122 e. The van der Waals surface area contributed by atoms with Crippen LogP contribution in [0, 0.1) is 0 Å². The molecule has 2 heteroatoms. The van der Waals surface area contributed by atoms with Crippen LogP contribution in [0.1, 0.15) is 17.2 Å². The lowest BCUT2D eigenvalue weighted by molar-refractivity contribution is 0.127. The SMILES string of the molecule is ClCOC1C=Cc2ccccc21. The Morgan fingerprint density at radius 1 is 1.33 bits per heavy atom. The molecule has 0 amide bonds. The van der Waals surface area contributed by atoms with Crippen molar-refractivity contribution in [2.24, 2.45) is 0 Å². The molecule has 0 aliphatic heterocycles. The van der Waals surface area contributed by atoms with E-state index in [1.54, 1.807) is 0 Å². The molecule has 0 fully saturated rings. The van der Waals surface area contributed by atoms with Gasteiger partial charge >= 0.3 is 0 Å². The summed E-state index contributed by atoms with van der Waals surface area (Å²) in [6.45, 7) is 0. The Kier molecular flexibility index (Phi) is 2.15. The van der Waals surface area contributed by atoms with Gasteiger partial charge in [-0.25, -0.2) is 0 Å². The van der Waals surface area contributed by atoms with Crippen LogP contribution in [0.15, 0.2) is 30.3 Å². The molecular weight excluding hydrogens is 172 g/mol. The Bertz CT molecular complexity index is 306. The van der Waals surface area contributed by atoms with Gasteiger partial charge in [-0.15, -0.1) is 0 Å². The average molecular weight is 181 g/mol. The molecule has 0 bridgehead atoms. The Balaban J connectivity index is 2.30. The van der Waals surface area contributed by atoms with Gasteiger partial charge in [0.25, 0.3) is 0 Å². The first-order valence-electron chi connectivity index (χ1n) is 3.86. The number of ether oxygens (including phenoxy) is 1. The number of hydrogen-bond donors (Lipinski definition) is 0. The maximum absolute atomic E-state index is 5.49. The van der Waals surface area contributed by atoms with Gasteiger partial charge in [0.1, 0.15) is 12.2 Å². The second-order valence-electron chi connectivity index (χ2n) is 2.68. The zero-order valence-electron chi connectivity index (χ0n) is 6.53. The zero-order valence-corrected chi connectivity index (χ0v) is 7.29. The molecule has 0 heterocycles. The summed E-state index contributed by atoms with van der Waals surface area (Å²) < 4.78 is 5.31. The van der Waals surface area contributed by atoms with Crippen LogP contribution < -0.4 is 0 Å². The third kappa shape index (κ3) is 1.26. The molecule has 1 atom stereocenters. The van der Waals surface area contributed by atoms with Crippen molar-refractivity contribution < 1.29 is 4.74 Å². The van der Waals surface area contributed by atoms with E-state index >= 15 is 0 Å². The number of halogens is 1. The van der Waals surface area contributed by atoms with E-state index in [1.165, 1.54) is 11.1 Å². The molecule has 1 aliphatic rings. The summed E-state index contributed by atoms with van der Waals surface area (Å²) in [5.41, 5.74) is 2.44. The van der Waals surface area contributed by atoms with E-state index in [0.29, 0.717) is 0 Å². The quantitative estimate of drug-likeness (QED) is 0.636. The second kappa shape index (κ2) is 3.30. The number of alkyl halides is 1. The third-order valence-corrected chi connectivity index (χ3v) is 2.12. The fraction of sp³-hybridized carbons (Fsp3) is 0.200. The standard InChI is InChI=1S/C10H9ClO/c11-7-12-10-6-5-8-3-1-2-4-9(8)10/h1-6,10H,7H2. The lowest BCUT2D eigenvalue weighted by Gasteiger charge is -2.08. The van der Waals surface area contributed by atoms with Gasteiger partial charge in [0.2, 0.25) is 0 Å². The van der Waals surface area contributed by atoms with Crippen LogP contribution in [0.25, 0.3) is 6.08 Å². The predicted molar refractivity (Wildman–Crippen MR) is 50.0 cm³/mol. The monoisotopic (exact) mass is 180 g/mol. The molecule has 1 aromatic rings. The summed E-state index contributed by atoms with van der Waals surface area (Å²) in [5, 5.41) is 0. The summed E-state index contributed by atoms with van der Waals surface area (Å²) in [6, 6.07) is 8.40. The molecule has 0 saturated heterocycles. The van der Waals surface area contributed by atoms with Gasteiger partial charge in [-0.05, 0) is 11.1 Å². The van der Waals surface area contributed by atoms with E-state index in [0.717, 1.165) is 0 Å². The van der Waals surface area contributed by atoms with Crippen molar-refractivity contribution in [3.8, 4) is 0 Å². The molecule has 0 saturated carbocycles. The molecule has 1 unspecified atom stereocenters. The molecule has 1 aromatic carbocycles. The minimum atomic E-state index is 0.0544. The van der Waals surface area contributed by atoms with E-state index in [1.807, 2.05) is 18.2 Å². The molecule has 0 spiro atoms. The summed E-state index contributed by atoms with van der Waals surface area (Å²) in [4.78, 5) is 0. The van der Waals surface area contributed by atoms with Gasteiger partial charge in [0.05, 0.1) is 0 Å². The predicted octanol–water partition coefficient (Wildman–Crippen LogP) is 2.97. The highest BCUT2D eigenvalue weighted by molar-refractivity contribution is 6.17. The Morgan fingerprint density at radius 2 is 2.17 bits per heavy atom. The van der Waals surface area contributed by atoms with Crippen molar-refractivity contribution in [1.82, 2.24) is 0 Å². The maximum atomic E-state index is 5.49. The lowest BCUT2D eigenvalue weighted by atomic mass is 10.1. The van der Waals surface area contributed by atoms with Crippen molar-refractivity contribution in [3.05, 3.63) is 41.5 Å². The van der Waals surface area contributed by atoms with E-state index < -0.39 is 0 Å². The van der Waals surface area contributed by atoms with Crippen LogP contribution in [-0.2, 0) is 4.74 Å². The first kappa shape index (κ1) is 7.84. The maximum Gasteiger partial charge on any atom is 0.122 e. The normalized spacial score (nSPS) is 19.6. The highest BCUT2D eigenvalue weighted by Crippen LogP contribution is 2.30. The molecule has 62 valence electrons. The van der Waals surface area contributed by atoms with Crippen LogP contribution in [0.2, 0.25) is 0 Å². The van der Waals surface area contributed by atoms with Crippen LogP contribution in [0.4, 0.5) is 0 Å². The highest BCUT2D eigenvalue weighted by Gasteiger charge is 2.15. The number of benzene rings is 1. The fourth-order valence-corrected chi connectivity index (χ4v) is 1.57. The molecule has 0 aromatic heterocycles. The largest absolute Gasteiger partial charge is 0.354 e. The van der Waals surface area contributed by atoms with Crippen LogP contribution in [0.5, 0.6) is 0 Å². The van der Waals surface area contributed by atoms with Crippen molar-refractivity contribution in [1.29, 1.82) is 0 Å². The van der Waals surface area contributed by atoms with Crippen molar-refractivity contribution in [2.45, 2.75) is 6.10 Å². The van der Waals surface area contributed by atoms with E-state index in [9.17, 15) is 0 Å². The van der Waals surface area contributed by atoms with Gasteiger partial charge in [0.15, 0.2) is 0 Å². The van der Waals surface area contributed by atoms with Gasteiger partial charge in [0, 0.05) is 0 Å². The van der Waals surface area contributed by atoms with E-state index in [2.05, 4.69) is 18.2 Å². The molecule has 1 aliphatic carbocycles. The summed E-state index contributed by atoms with van der Waals surface area (Å²) in [7, 11) is 0. The number of rotatable bonds is 2. The number of hydrogen-bond acceptors (Lipinski definition) is 1. The Hall–Kier alpha value is -0.790. The highest BCUT2D eigenvalue weighted by atomic mass is 35.5. The van der Waals surface area contributed by atoms with Gasteiger partial charge in [-0.3, -0.25) is 0 Å². The topological polar surface area (TPSA) is 9.23 Å². The zero-order chi connectivity index (χ0) is 8.39. The Morgan fingerprint density at radius 3 is 3.00 bits per heavy atom. The van der Waals surface area contributed by atoms with Gasteiger partial charge in [-0.2, -0.15) is 0 Å². The van der Waals surface area contributed by atoms with E-state index in [4.69, 9.17) is 16.3 Å². The molecule has 0 N–H and O–H groups in total. The average Bonchev–Trinajstić information content (AvgIpc) is 2.50. The Labute approximate surface area is 76.6 Å². The van der Waals surface area contributed by atoms with Crippen LogP contribution >= 0.6 is 11.6 Å². The van der Waals surface area contributed by atoms with Gasteiger partial charge in [-0.1, -0.05) is 48.0 Å². The van der Waals surface area contributed by atoms with Crippen LogP contribution in [0.3, 0.4) is 0 Å².